The Morgan fingerprint density at radius 3 is 2.40 bits per heavy atom. The van der Waals surface area contributed by atoms with Crippen LogP contribution < -0.4 is 4.90 Å². The predicted molar refractivity (Wildman–Crippen MR) is 104 cm³/mol. The molecule has 0 unspecified atom stereocenters. The molecule has 0 saturated heterocycles. The fourth-order valence-corrected chi connectivity index (χ4v) is 4.36. The molecule has 2 aromatic rings. The Bertz CT molecular complexity index is 808. The number of aliphatic hydroxyl groups is 1. The molecule has 1 aliphatic heterocycles. The molecule has 0 fully saturated rings. The summed E-state index contributed by atoms with van der Waals surface area (Å²) in [4.78, 5) is 28.3. The van der Waals surface area contributed by atoms with E-state index in [1.54, 1.807) is 0 Å². The molecule has 2 amide bonds. The number of amides is 2. The van der Waals surface area contributed by atoms with Crippen molar-refractivity contribution in [3.05, 3.63) is 57.1 Å². The van der Waals surface area contributed by atoms with Crippen LogP contribution in [0.1, 0.15) is 30.2 Å². The number of anilines is 1. The van der Waals surface area contributed by atoms with E-state index in [0.717, 1.165) is 10.4 Å². The number of rotatable bonds is 6. The fourth-order valence-electron chi connectivity index (χ4n) is 2.67. The summed E-state index contributed by atoms with van der Waals surface area (Å²) in [5.41, 5.74) is 2.17. The summed E-state index contributed by atoms with van der Waals surface area (Å²) < 4.78 is 0. The Hall–Kier alpha value is -1.89. The maximum Gasteiger partial charge on any atom is 0.272 e. The van der Waals surface area contributed by atoms with Crippen molar-refractivity contribution >= 4 is 46.2 Å². The minimum atomic E-state index is -0.316. The average molecular weight is 373 g/mol. The third-order valence-corrected chi connectivity index (χ3v) is 5.91. The van der Waals surface area contributed by atoms with Gasteiger partial charge in [0.25, 0.3) is 11.8 Å². The van der Waals surface area contributed by atoms with Crippen LogP contribution in [0.2, 0.25) is 0 Å². The molecule has 1 N–H and O–H groups in total. The van der Waals surface area contributed by atoms with E-state index in [1.165, 1.54) is 28.0 Å². The summed E-state index contributed by atoms with van der Waals surface area (Å²) in [7, 11) is 0. The van der Waals surface area contributed by atoms with Crippen LogP contribution in [0.3, 0.4) is 0 Å². The minimum Gasteiger partial charge on any atom is -0.396 e. The van der Waals surface area contributed by atoms with E-state index in [0.29, 0.717) is 27.8 Å². The number of thioether (sulfide) groups is 1. The van der Waals surface area contributed by atoms with Crippen molar-refractivity contribution in [2.75, 3.05) is 17.3 Å². The Balaban J connectivity index is 1.98. The zero-order chi connectivity index (χ0) is 18.0. The van der Waals surface area contributed by atoms with Gasteiger partial charge in [-0.2, -0.15) is 0 Å². The number of aliphatic hydroxyl groups excluding tert-OH is 1. The summed E-state index contributed by atoms with van der Waals surface area (Å²) in [6.45, 7) is 4.15. The van der Waals surface area contributed by atoms with Crippen molar-refractivity contribution in [2.45, 2.75) is 19.8 Å². The van der Waals surface area contributed by atoms with Crippen molar-refractivity contribution in [3.8, 4) is 0 Å². The van der Waals surface area contributed by atoms with E-state index in [9.17, 15) is 9.59 Å². The van der Waals surface area contributed by atoms with Gasteiger partial charge in [0.15, 0.2) is 0 Å². The first kappa shape index (κ1) is 17.9. The average Bonchev–Trinajstić information content (AvgIpc) is 3.20. The first-order valence-corrected chi connectivity index (χ1v) is 9.91. The normalized spacial score (nSPS) is 15.0. The number of nitrogens with zero attached hydrogens (tertiary/aromatic N) is 1. The first-order chi connectivity index (χ1) is 12.0. The van der Waals surface area contributed by atoms with Crippen LogP contribution in [-0.2, 0) is 9.59 Å². The van der Waals surface area contributed by atoms with Crippen LogP contribution in [0.25, 0.3) is 5.57 Å². The number of hydrogen-bond donors (Lipinski definition) is 1. The molecule has 2 heterocycles. The van der Waals surface area contributed by atoms with Crippen LogP contribution >= 0.6 is 23.1 Å². The zero-order valence-corrected chi connectivity index (χ0v) is 15.7. The third kappa shape index (κ3) is 3.42. The van der Waals surface area contributed by atoms with E-state index < -0.39 is 0 Å². The minimum absolute atomic E-state index is 0.0452. The summed E-state index contributed by atoms with van der Waals surface area (Å²) in [5, 5.41) is 11.0. The quantitative estimate of drug-likeness (QED) is 0.781. The number of carbonyl (C=O) groups is 2. The molecule has 4 nitrogen and oxygen atoms in total. The molecule has 0 radical (unpaired) electrons. The van der Waals surface area contributed by atoms with Gasteiger partial charge in [0, 0.05) is 10.6 Å². The van der Waals surface area contributed by atoms with Gasteiger partial charge >= 0.3 is 0 Å². The molecule has 3 rings (SSSR count). The summed E-state index contributed by atoms with van der Waals surface area (Å²) in [6.07, 6.45) is 0. The lowest BCUT2D eigenvalue weighted by atomic mass is 10.0. The summed E-state index contributed by atoms with van der Waals surface area (Å²) in [5.74, 6) is 0.146. The Morgan fingerprint density at radius 1 is 1.12 bits per heavy atom. The van der Waals surface area contributed by atoms with Crippen LogP contribution in [0.5, 0.6) is 0 Å². The Kier molecular flexibility index (Phi) is 5.42. The molecule has 0 bridgehead atoms. The highest BCUT2D eigenvalue weighted by molar-refractivity contribution is 8.04. The zero-order valence-electron chi connectivity index (χ0n) is 14.1. The van der Waals surface area contributed by atoms with Gasteiger partial charge < -0.3 is 5.11 Å². The van der Waals surface area contributed by atoms with Crippen LogP contribution in [0.4, 0.5) is 5.69 Å². The largest absolute Gasteiger partial charge is 0.396 e. The van der Waals surface area contributed by atoms with Crippen molar-refractivity contribution < 1.29 is 14.7 Å². The number of hydrogen-bond acceptors (Lipinski definition) is 5. The van der Waals surface area contributed by atoms with Crippen molar-refractivity contribution in [2.24, 2.45) is 0 Å². The molecular formula is C19H19NO3S2. The topological polar surface area (TPSA) is 57.6 Å². The molecule has 1 aromatic heterocycles. The fraction of sp³-hybridized carbons (Fsp3) is 0.263. The highest BCUT2D eigenvalue weighted by Crippen LogP contribution is 2.39. The molecule has 1 aliphatic rings. The van der Waals surface area contributed by atoms with Gasteiger partial charge in [-0.25, -0.2) is 4.90 Å². The Labute approximate surface area is 155 Å². The van der Waals surface area contributed by atoms with Crippen LogP contribution in [-0.4, -0.2) is 29.3 Å². The number of thiophene rings is 1. The lowest BCUT2D eigenvalue weighted by molar-refractivity contribution is -0.119. The summed E-state index contributed by atoms with van der Waals surface area (Å²) >= 11 is 2.67. The molecule has 6 heteroatoms. The number of benzene rings is 1. The monoisotopic (exact) mass is 373 g/mol. The molecule has 1 aromatic carbocycles. The van der Waals surface area contributed by atoms with E-state index in [2.05, 4.69) is 13.8 Å². The van der Waals surface area contributed by atoms with E-state index in [4.69, 9.17) is 5.11 Å². The molecular weight excluding hydrogens is 354 g/mol. The lowest BCUT2D eigenvalue weighted by Gasteiger charge is -2.16. The standard InChI is InChI=1S/C19H19NO3S2/c1-12(2)13-5-7-14(8-6-13)20-18(22)16(15-4-3-10-24-15)17(19(20)23)25-11-9-21/h3-8,10,12,21H,9,11H2,1-2H3. The van der Waals surface area contributed by atoms with Crippen LogP contribution in [0.15, 0.2) is 46.7 Å². The van der Waals surface area contributed by atoms with Gasteiger partial charge in [-0.05, 0) is 35.1 Å². The highest BCUT2D eigenvalue weighted by atomic mass is 32.2. The van der Waals surface area contributed by atoms with E-state index in [1.807, 2.05) is 41.8 Å². The van der Waals surface area contributed by atoms with Crippen LogP contribution in [0, 0.1) is 0 Å². The molecule has 130 valence electrons. The van der Waals surface area contributed by atoms with Gasteiger partial charge in [0.05, 0.1) is 22.8 Å². The van der Waals surface area contributed by atoms with Gasteiger partial charge in [0.2, 0.25) is 0 Å². The van der Waals surface area contributed by atoms with Crippen molar-refractivity contribution in [1.29, 1.82) is 0 Å². The highest BCUT2D eigenvalue weighted by Gasteiger charge is 2.40. The van der Waals surface area contributed by atoms with Gasteiger partial charge in [0.1, 0.15) is 0 Å². The lowest BCUT2D eigenvalue weighted by Crippen LogP contribution is -2.31. The Morgan fingerprint density at radius 2 is 1.84 bits per heavy atom. The second kappa shape index (κ2) is 7.56. The molecule has 0 spiro atoms. The predicted octanol–water partition coefficient (Wildman–Crippen LogP) is 3.88. The second-order valence-corrected chi connectivity index (χ2v) is 8.00. The third-order valence-electron chi connectivity index (χ3n) is 3.96. The van der Waals surface area contributed by atoms with E-state index in [-0.39, 0.29) is 18.4 Å². The van der Waals surface area contributed by atoms with Gasteiger partial charge in [-0.3, -0.25) is 9.59 Å². The number of carbonyl (C=O) groups excluding carboxylic acids is 2. The second-order valence-electron chi connectivity index (χ2n) is 5.95. The maximum atomic E-state index is 13.0. The molecule has 25 heavy (non-hydrogen) atoms. The smallest absolute Gasteiger partial charge is 0.272 e. The van der Waals surface area contributed by atoms with Gasteiger partial charge in [-0.1, -0.05) is 32.0 Å². The number of imide groups is 1. The molecule has 0 aliphatic carbocycles. The van der Waals surface area contributed by atoms with Crippen molar-refractivity contribution in [1.82, 2.24) is 0 Å². The van der Waals surface area contributed by atoms with Crippen molar-refractivity contribution in [3.63, 3.8) is 0 Å². The molecule has 0 atom stereocenters. The van der Waals surface area contributed by atoms with E-state index >= 15 is 0 Å². The summed E-state index contributed by atoms with van der Waals surface area (Å²) in [6, 6.07) is 11.2. The SMILES string of the molecule is CC(C)c1ccc(N2C(=O)C(SCCO)=C(c3cccs3)C2=O)cc1. The van der Waals surface area contributed by atoms with Gasteiger partial charge in [-0.15, -0.1) is 23.1 Å². The maximum absolute atomic E-state index is 13.0. The molecule has 0 saturated carbocycles. The first-order valence-electron chi connectivity index (χ1n) is 8.05.